The molecule has 0 aromatic carbocycles. The van der Waals surface area contributed by atoms with E-state index in [0.29, 0.717) is 45.3 Å². The van der Waals surface area contributed by atoms with E-state index in [4.69, 9.17) is 14.2 Å². The normalized spacial score (nSPS) is 30.9. The zero-order valence-electron chi connectivity index (χ0n) is 36.1. The number of hydrogen-bond acceptors (Lipinski definition) is 12. The minimum Gasteiger partial charge on any atom is -0.449 e. The second kappa shape index (κ2) is 19.1. The van der Waals surface area contributed by atoms with Crippen molar-refractivity contribution in [2.45, 2.75) is 152 Å². The Bertz CT molecular complexity index is 1400. The number of isocyanates is 3. The van der Waals surface area contributed by atoms with Gasteiger partial charge in [0, 0.05) is 19.6 Å². The molecule has 3 amide bonds. The summed E-state index contributed by atoms with van der Waals surface area (Å²) in [5.41, 5.74) is -2.41. The van der Waals surface area contributed by atoms with E-state index in [9.17, 15) is 28.8 Å². The second-order valence-corrected chi connectivity index (χ2v) is 20.9. The molecule has 0 aromatic rings. The third kappa shape index (κ3) is 15.3. The SMILES string of the molecule is CCC(COC(=O)NCC1(C)CC(N=C=O)CC(C)(C)C1)(COC(=O)NCC1(C)CC(N=C=O)CC(C)(C)C1)COC(=O)NCC1(C)CC(N=C=O)CC(C)(C)C1. The van der Waals surface area contributed by atoms with Gasteiger partial charge >= 0.3 is 18.3 Å². The van der Waals surface area contributed by atoms with E-state index in [1.165, 1.54) is 0 Å². The smallest absolute Gasteiger partial charge is 0.407 e. The van der Waals surface area contributed by atoms with E-state index in [1.54, 1.807) is 18.2 Å². The van der Waals surface area contributed by atoms with Crippen LogP contribution in [-0.2, 0) is 28.6 Å². The van der Waals surface area contributed by atoms with Crippen LogP contribution >= 0.6 is 0 Å². The minimum absolute atomic E-state index is 0.0949. The van der Waals surface area contributed by atoms with Crippen LogP contribution in [0.25, 0.3) is 0 Å². The van der Waals surface area contributed by atoms with Gasteiger partial charge in [-0.2, -0.15) is 0 Å². The van der Waals surface area contributed by atoms with Crippen LogP contribution in [0.3, 0.4) is 0 Å². The van der Waals surface area contributed by atoms with Crippen molar-refractivity contribution in [2.24, 2.45) is 52.9 Å². The number of carbonyl (C=O) groups excluding carboxylic acids is 6. The van der Waals surface area contributed by atoms with Crippen molar-refractivity contribution < 1.29 is 43.0 Å². The lowest BCUT2D eigenvalue weighted by Gasteiger charge is -2.45. The first kappa shape index (κ1) is 47.3. The van der Waals surface area contributed by atoms with Crippen molar-refractivity contribution in [3.8, 4) is 0 Å². The third-order valence-electron chi connectivity index (χ3n) is 12.2. The van der Waals surface area contributed by atoms with E-state index < -0.39 is 23.7 Å². The van der Waals surface area contributed by atoms with Crippen molar-refractivity contribution in [2.75, 3.05) is 39.5 Å². The number of hydrogen-bond donors (Lipinski definition) is 3. The fourth-order valence-corrected chi connectivity index (χ4v) is 10.7. The van der Waals surface area contributed by atoms with Gasteiger partial charge in [-0.25, -0.2) is 43.7 Å². The fraction of sp³-hybridized carbons (Fsp3) is 0.857. The van der Waals surface area contributed by atoms with E-state index >= 15 is 0 Å². The lowest BCUT2D eigenvalue weighted by Crippen LogP contribution is -2.47. The van der Waals surface area contributed by atoms with E-state index in [0.717, 1.165) is 38.5 Å². The highest BCUT2D eigenvalue weighted by Crippen LogP contribution is 2.49. The first-order chi connectivity index (χ1) is 26.4. The summed E-state index contributed by atoms with van der Waals surface area (Å²) in [6.45, 7) is 20.9. The molecule has 3 aliphatic rings. The molecule has 3 fully saturated rings. The molecule has 6 atom stereocenters. The van der Waals surface area contributed by atoms with Crippen LogP contribution in [0.4, 0.5) is 14.4 Å². The molecule has 0 aliphatic heterocycles. The summed E-state index contributed by atoms with van der Waals surface area (Å²) >= 11 is 0. The molecule has 0 radical (unpaired) electrons. The highest BCUT2D eigenvalue weighted by atomic mass is 16.6. The molecule has 15 nitrogen and oxygen atoms in total. The summed E-state index contributed by atoms with van der Waals surface area (Å²) in [5, 5.41) is 8.62. The summed E-state index contributed by atoms with van der Waals surface area (Å²) in [7, 11) is 0. The zero-order valence-corrected chi connectivity index (χ0v) is 36.1. The molecule has 57 heavy (non-hydrogen) atoms. The molecule has 0 spiro atoms. The van der Waals surface area contributed by atoms with Gasteiger partial charge in [-0.15, -0.1) is 0 Å². The maximum Gasteiger partial charge on any atom is 0.407 e. The van der Waals surface area contributed by atoms with Crippen LogP contribution in [0.5, 0.6) is 0 Å². The molecule has 0 heterocycles. The predicted molar refractivity (Wildman–Crippen MR) is 214 cm³/mol. The maximum absolute atomic E-state index is 13.2. The molecule has 3 aliphatic carbocycles. The number of amides is 3. The third-order valence-corrected chi connectivity index (χ3v) is 12.2. The molecule has 0 bridgehead atoms. The van der Waals surface area contributed by atoms with Crippen LogP contribution in [-0.4, -0.2) is 94.1 Å². The number of nitrogens with one attached hydrogen (secondary N) is 3. The van der Waals surface area contributed by atoms with Crippen molar-refractivity contribution in [1.29, 1.82) is 0 Å². The fourth-order valence-electron chi connectivity index (χ4n) is 10.7. The number of ether oxygens (including phenoxy) is 3. The van der Waals surface area contributed by atoms with Crippen LogP contribution in [0, 0.1) is 37.9 Å². The van der Waals surface area contributed by atoms with Crippen LogP contribution in [0.2, 0.25) is 0 Å². The molecule has 0 saturated heterocycles. The van der Waals surface area contributed by atoms with Crippen LogP contribution in [0.1, 0.15) is 133 Å². The lowest BCUT2D eigenvalue weighted by atomic mass is 9.62. The monoisotopic (exact) mass is 801 g/mol. The summed E-state index contributed by atoms with van der Waals surface area (Å²) in [4.78, 5) is 84.7. The van der Waals surface area contributed by atoms with Gasteiger partial charge in [0.05, 0.1) is 23.5 Å². The van der Waals surface area contributed by atoms with Crippen LogP contribution < -0.4 is 16.0 Å². The Morgan fingerprint density at radius 1 is 0.526 bits per heavy atom. The Morgan fingerprint density at radius 3 is 1.02 bits per heavy atom. The first-order valence-electron chi connectivity index (χ1n) is 20.3. The van der Waals surface area contributed by atoms with Crippen molar-refractivity contribution in [3.63, 3.8) is 0 Å². The summed E-state index contributed by atoms with van der Waals surface area (Å²) < 4.78 is 17.2. The van der Waals surface area contributed by atoms with Gasteiger partial charge in [0.2, 0.25) is 18.2 Å². The molecule has 0 aromatic heterocycles. The number of rotatable bonds is 16. The van der Waals surface area contributed by atoms with Gasteiger partial charge in [-0.3, -0.25) is 0 Å². The molecule has 320 valence electrons. The number of alkyl carbamates (subject to hydrolysis) is 3. The van der Waals surface area contributed by atoms with Gasteiger partial charge in [0.15, 0.2) is 0 Å². The van der Waals surface area contributed by atoms with Gasteiger partial charge < -0.3 is 30.2 Å². The molecule has 3 N–H and O–H groups in total. The Hall–Kier alpha value is -4.05. The Morgan fingerprint density at radius 2 is 0.789 bits per heavy atom. The molecule has 3 rings (SSSR count). The topological polar surface area (TPSA) is 203 Å². The quantitative estimate of drug-likeness (QED) is 0.0812. The number of nitrogens with zero attached hydrogens (tertiary/aromatic N) is 3. The van der Waals surface area contributed by atoms with Gasteiger partial charge in [0.25, 0.3) is 0 Å². The molecule has 15 heteroatoms. The van der Waals surface area contributed by atoms with Gasteiger partial charge in [0.1, 0.15) is 19.8 Å². The summed E-state index contributed by atoms with van der Waals surface area (Å²) in [5.74, 6) is 0. The maximum atomic E-state index is 13.2. The average Bonchev–Trinajstić information content (AvgIpc) is 3.07. The lowest BCUT2D eigenvalue weighted by molar-refractivity contribution is -0.0203. The van der Waals surface area contributed by atoms with Crippen molar-refractivity contribution >= 4 is 36.5 Å². The summed E-state index contributed by atoms with van der Waals surface area (Å²) in [6, 6.07) is -0.569. The largest absolute Gasteiger partial charge is 0.449 e. The Balaban J connectivity index is 1.68. The second-order valence-electron chi connectivity index (χ2n) is 20.9. The molecule has 6 unspecified atom stereocenters. The van der Waals surface area contributed by atoms with E-state index in [2.05, 4.69) is 72.5 Å². The standard InChI is InChI=1S/C42H68N6O9/c1-11-42(24-55-33(52)43-21-39(8)15-30(46-27-49)12-36(2,3)18-39,25-56-34(53)44-22-40(9)16-31(47-28-50)13-37(4,5)19-40)26-57-35(54)45-23-41(10)17-32(48-29-51)14-38(6,7)20-41/h30-32H,11-26H2,1-10H3,(H,43,52)(H,44,53)(H,45,54). The summed E-state index contributed by atoms with van der Waals surface area (Å²) in [6.07, 6.45) is 9.84. The van der Waals surface area contributed by atoms with Crippen molar-refractivity contribution in [1.82, 2.24) is 16.0 Å². The van der Waals surface area contributed by atoms with Crippen LogP contribution in [0.15, 0.2) is 15.0 Å². The highest BCUT2D eigenvalue weighted by molar-refractivity contribution is 5.68. The van der Waals surface area contributed by atoms with Gasteiger partial charge in [-0.05, 0) is 96.7 Å². The van der Waals surface area contributed by atoms with E-state index in [1.807, 2.05) is 27.7 Å². The first-order valence-corrected chi connectivity index (χ1v) is 20.3. The zero-order chi connectivity index (χ0) is 42.8. The Kier molecular flexibility index (Phi) is 15.9. The Labute approximate surface area is 338 Å². The average molecular weight is 801 g/mol. The highest BCUT2D eigenvalue weighted by Gasteiger charge is 2.44. The molecular formula is C42H68N6O9. The number of carbonyl (C=O) groups is 3. The van der Waals surface area contributed by atoms with Gasteiger partial charge in [-0.1, -0.05) is 69.2 Å². The number of aliphatic imine (C=N–C) groups is 3. The minimum atomic E-state index is -1.09. The predicted octanol–water partition coefficient (Wildman–Crippen LogP) is 7.32. The molecular weight excluding hydrogens is 732 g/mol. The van der Waals surface area contributed by atoms with E-state index in [-0.39, 0.29) is 70.4 Å². The molecule has 3 saturated carbocycles. The van der Waals surface area contributed by atoms with Crippen molar-refractivity contribution in [3.05, 3.63) is 0 Å².